The predicted octanol–water partition coefficient (Wildman–Crippen LogP) is 14.1. The Kier molecular flexibility index (Phi) is 6.41. The van der Waals surface area contributed by atoms with Crippen LogP contribution in [0.1, 0.15) is 0 Å². The molecule has 0 radical (unpaired) electrons. The van der Waals surface area contributed by atoms with E-state index in [0.29, 0.717) is 0 Å². The second-order valence-corrected chi connectivity index (χ2v) is 15.3. The van der Waals surface area contributed by atoms with Crippen LogP contribution in [0.2, 0.25) is 0 Å². The van der Waals surface area contributed by atoms with Gasteiger partial charge in [0.1, 0.15) is 0 Å². The van der Waals surface area contributed by atoms with E-state index >= 15 is 0 Å². The highest BCUT2D eigenvalue weighted by Gasteiger charge is 2.23. The Labute approximate surface area is 333 Å². The van der Waals surface area contributed by atoms with Gasteiger partial charge in [0.15, 0.2) is 0 Å². The smallest absolute Gasteiger partial charge is 0.0788 e. The summed E-state index contributed by atoms with van der Waals surface area (Å²) in [5.41, 5.74) is 14.2. The molecule has 0 amide bonds. The van der Waals surface area contributed by atoms with Crippen LogP contribution in [0.4, 0.5) is 0 Å². The lowest BCUT2D eigenvalue weighted by Crippen LogP contribution is -1.99. The van der Waals surface area contributed by atoms with Gasteiger partial charge in [-0.1, -0.05) is 127 Å². The van der Waals surface area contributed by atoms with Crippen molar-refractivity contribution in [3.8, 4) is 22.7 Å². The van der Waals surface area contributed by atoms with Gasteiger partial charge in [-0.15, -0.1) is 0 Å². The normalized spacial score (nSPS) is 12.1. The summed E-state index contributed by atoms with van der Waals surface area (Å²) in [6, 6.07) is 75.3. The molecule has 58 heavy (non-hydrogen) atoms. The maximum atomic E-state index is 2.48. The van der Waals surface area contributed by atoms with E-state index in [4.69, 9.17) is 0 Å². The summed E-state index contributed by atoms with van der Waals surface area (Å²) in [6.07, 6.45) is 0. The molecule has 13 rings (SSSR count). The second-order valence-electron chi connectivity index (χ2n) is 15.3. The topological polar surface area (TPSA) is 19.7 Å². The molecule has 0 aliphatic rings. The number of fused-ring (bicyclic) bond motifs is 14. The van der Waals surface area contributed by atoms with E-state index in [1.807, 2.05) is 0 Å². The van der Waals surface area contributed by atoms with Gasteiger partial charge in [0.05, 0.1) is 44.1 Å². The fourth-order valence-electron chi connectivity index (χ4n) is 10.00. The SMILES string of the molecule is c1ccc(-n2c3ccccc3c3ccc4c(c5ccccc5n4-c4ccc(-n5c6ccccc6c6ccc7c8ccccc8n(-c8ccccc8)c7c65)cc4)c32)cc1. The lowest BCUT2D eigenvalue weighted by Gasteiger charge is -2.14. The summed E-state index contributed by atoms with van der Waals surface area (Å²) in [5.74, 6) is 0. The minimum atomic E-state index is 1.12. The van der Waals surface area contributed by atoms with Crippen molar-refractivity contribution < 1.29 is 0 Å². The van der Waals surface area contributed by atoms with Crippen LogP contribution < -0.4 is 0 Å². The molecule has 13 aromatic rings. The summed E-state index contributed by atoms with van der Waals surface area (Å²) in [4.78, 5) is 0. The van der Waals surface area contributed by atoms with Crippen LogP contribution in [0.15, 0.2) is 206 Å². The predicted molar refractivity (Wildman–Crippen MR) is 244 cm³/mol. The molecule has 0 saturated carbocycles. The number of benzene rings is 9. The van der Waals surface area contributed by atoms with Crippen molar-refractivity contribution in [1.29, 1.82) is 0 Å². The standard InChI is InChI=1S/C54H34N4/c1-3-15-35(16-4-1)56-46-23-11-7-19-39(46)42-33-34-50-51(52(42)56)45-22-10-14-26-49(45)55(50)37-27-29-38(30-28-37)58-48-25-13-9-21-41(48)44-32-31-43-40-20-8-12-24-47(40)57(53(43)54(44)58)36-17-5-2-6-18-36/h1-34H. The van der Waals surface area contributed by atoms with Crippen LogP contribution in [-0.2, 0) is 0 Å². The van der Waals surface area contributed by atoms with Crippen molar-refractivity contribution >= 4 is 87.2 Å². The lowest BCUT2D eigenvalue weighted by atomic mass is 10.1. The Balaban J connectivity index is 1.08. The third-order valence-electron chi connectivity index (χ3n) is 12.3. The molecule has 0 atom stereocenters. The lowest BCUT2D eigenvalue weighted by molar-refractivity contribution is 1.13. The van der Waals surface area contributed by atoms with Gasteiger partial charge >= 0.3 is 0 Å². The zero-order valence-electron chi connectivity index (χ0n) is 31.4. The third kappa shape index (κ3) is 4.18. The molecular weight excluding hydrogens is 705 g/mol. The molecule has 0 aliphatic carbocycles. The Morgan fingerprint density at radius 2 is 0.517 bits per heavy atom. The van der Waals surface area contributed by atoms with Gasteiger partial charge in [-0.3, -0.25) is 0 Å². The third-order valence-corrected chi connectivity index (χ3v) is 12.3. The first kappa shape index (κ1) is 31.4. The summed E-state index contributed by atoms with van der Waals surface area (Å²) in [6.45, 7) is 0. The first-order chi connectivity index (χ1) is 28.8. The minimum Gasteiger partial charge on any atom is -0.309 e. The van der Waals surface area contributed by atoms with Crippen LogP contribution in [-0.4, -0.2) is 18.3 Å². The summed E-state index contributed by atoms with van der Waals surface area (Å²) in [5, 5.41) is 10.0. The van der Waals surface area contributed by atoms with Gasteiger partial charge in [-0.2, -0.15) is 0 Å². The van der Waals surface area contributed by atoms with Crippen molar-refractivity contribution in [2.45, 2.75) is 0 Å². The fraction of sp³-hybridized carbons (Fsp3) is 0. The highest BCUT2D eigenvalue weighted by molar-refractivity contribution is 6.27. The number of rotatable bonds is 4. The van der Waals surface area contributed by atoms with Crippen molar-refractivity contribution in [2.24, 2.45) is 0 Å². The van der Waals surface area contributed by atoms with Gasteiger partial charge < -0.3 is 18.3 Å². The van der Waals surface area contributed by atoms with Crippen molar-refractivity contribution in [2.75, 3.05) is 0 Å². The van der Waals surface area contributed by atoms with E-state index in [-0.39, 0.29) is 0 Å². The quantitative estimate of drug-likeness (QED) is 0.171. The Morgan fingerprint density at radius 1 is 0.190 bits per heavy atom. The molecule has 0 saturated heterocycles. The molecule has 4 heteroatoms. The minimum absolute atomic E-state index is 1.12. The van der Waals surface area contributed by atoms with Gasteiger partial charge in [0.25, 0.3) is 0 Å². The molecule has 0 fully saturated rings. The second kappa shape index (κ2) is 11.8. The van der Waals surface area contributed by atoms with E-state index in [1.54, 1.807) is 0 Å². The van der Waals surface area contributed by atoms with Crippen LogP contribution in [0, 0.1) is 0 Å². The van der Waals surface area contributed by atoms with Gasteiger partial charge in [-0.25, -0.2) is 0 Å². The molecule has 0 spiro atoms. The van der Waals surface area contributed by atoms with Crippen LogP contribution in [0.25, 0.3) is 110 Å². The molecule has 0 bridgehead atoms. The number of para-hydroxylation sites is 6. The van der Waals surface area contributed by atoms with E-state index in [0.717, 1.165) is 22.7 Å². The molecule has 270 valence electrons. The number of aromatic nitrogens is 4. The Bertz CT molecular complexity index is 3770. The van der Waals surface area contributed by atoms with E-state index in [1.165, 1.54) is 87.2 Å². The average molecular weight is 739 g/mol. The van der Waals surface area contributed by atoms with Crippen LogP contribution in [0.3, 0.4) is 0 Å². The summed E-state index contributed by atoms with van der Waals surface area (Å²) in [7, 11) is 0. The Morgan fingerprint density at radius 3 is 1.00 bits per heavy atom. The van der Waals surface area contributed by atoms with Crippen molar-refractivity contribution in [1.82, 2.24) is 18.3 Å². The highest BCUT2D eigenvalue weighted by Crippen LogP contribution is 2.44. The molecule has 0 unspecified atom stereocenters. The largest absolute Gasteiger partial charge is 0.309 e. The van der Waals surface area contributed by atoms with Crippen LogP contribution in [0.5, 0.6) is 0 Å². The molecule has 9 aromatic carbocycles. The Hall–Kier alpha value is -7.82. The molecule has 4 nitrogen and oxygen atoms in total. The van der Waals surface area contributed by atoms with Gasteiger partial charge in [0.2, 0.25) is 0 Å². The molecular formula is C54H34N4. The van der Waals surface area contributed by atoms with Crippen molar-refractivity contribution in [3.05, 3.63) is 206 Å². The maximum Gasteiger partial charge on any atom is 0.0788 e. The first-order valence-corrected chi connectivity index (χ1v) is 20.0. The maximum absolute atomic E-state index is 2.48. The van der Waals surface area contributed by atoms with E-state index in [9.17, 15) is 0 Å². The fourth-order valence-corrected chi connectivity index (χ4v) is 10.00. The van der Waals surface area contributed by atoms with Gasteiger partial charge in [0, 0.05) is 65.8 Å². The van der Waals surface area contributed by atoms with Crippen molar-refractivity contribution in [3.63, 3.8) is 0 Å². The zero-order valence-corrected chi connectivity index (χ0v) is 31.4. The molecule has 4 aromatic heterocycles. The monoisotopic (exact) mass is 738 g/mol. The highest BCUT2D eigenvalue weighted by atomic mass is 15.1. The summed E-state index contributed by atoms with van der Waals surface area (Å²) < 4.78 is 9.82. The average Bonchev–Trinajstić information content (AvgIpc) is 4.02. The molecule has 0 aliphatic heterocycles. The van der Waals surface area contributed by atoms with Gasteiger partial charge in [-0.05, 0) is 78.9 Å². The summed E-state index contributed by atoms with van der Waals surface area (Å²) >= 11 is 0. The van der Waals surface area contributed by atoms with E-state index < -0.39 is 0 Å². The number of hydrogen-bond donors (Lipinski definition) is 0. The van der Waals surface area contributed by atoms with E-state index in [2.05, 4.69) is 225 Å². The number of nitrogens with zero attached hydrogens (tertiary/aromatic N) is 4. The molecule has 0 N–H and O–H groups in total. The molecule has 4 heterocycles. The number of hydrogen-bond acceptors (Lipinski definition) is 0. The first-order valence-electron chi connectivity index (χ1n) is 20.0. The zero-order chi connectivity index (χ0) is 37.9. The van der Waals surface area contributed by atoms with Crippen LogP contribution >= 0.6 is 0 Å².